The SMILES string of the molecule is CCCCCCC#C/C(=C/[Si](C)(C)OC(C)C)B1OC(C)(C)C(C)(C)O1. The van der Waals surface area contributed by atoms with Crippen molar-refractivity contribution < 1.29 is 13.7 Å². The van der Waals surface area contributed by atoms with Crippen LogP contribution in [0.3, 0.4) is 0 Å². The van der Waals surface area contributed by atoms with E-state index in [-0.39, 0.29) is 17.3 Å². The normalized spacial score (nSPS) is 19.6. The highest BCUT2D eigenvalue weighted by Crippen LogP contribution is 2.38. The van der Waals surface area contributed by atoms with E-state index in [4.69, 9.17) is 13.7 Å². The van der Waals surface area contributed by atoms with Crippen LogP contribution in [0.4, 0.5) is 0 Å². The minimum Gasteiger partial charge on any atom is -0.411 e. The van der Waals surface area contributed by atoms with E-state index in [1.54, 1.807) is 0 Å². The Morgan fingerprint density at radius 1 is 1.08 bits per heavy atom. The van der Waals surface area contributed by atoms with Gasteiger partial charge in [0.1, 0.15) is 0 Å². The molecule has 1 heterocycles. The molecule has 5 heteroatoms. The minimum absolute atomic E-state index is 0.203. The Balaban J connectivity index is 2.98. The molecule has 148 valence electrons. The van der Waals surface area contributed by atoms with Crippen molar-refractivity contribution in [1.29, 1.82) is 0 Å². The number of allylic oxidation sites excluding steroid dienone is 1. The summed E-state index contributed by atoms with van der Waals surface area (Å²) in [6, 6.07) is 0. The standard InChI is InChI=1S/C21H39BO3Si/c1-10-11-12-13-14-15-16-19(17-26(8,9)23-18(2)3)22-24-20(4,5)21(6,7)25-22/h17-18H,10-14H2,1-9H3/b19-17-. The molecule has 0 radical (unpaired) electrons. The van der Waals surface area contributed by atoms with Gasteiger partial charge in [0.05, 0.1) is 11.2 Å². The van der Waals surface area contributed by atoms with E-state index in [0.29, 0.717) is 0 Å². The van der Waals surface area contributed by atoms with Gasteiger partial charge < -0.3 is 13.7 Å². The lowest BCUT2D eigenvalue weighted by Crippen LogP contribution is -2.41. The summed E-state index contributed by atoms with van der Waals surface area (Å²) < 4.78 is 18.7. The summed E-state index contributed by atoms with van der Waals surface area (Å²) in [5.74, 6) is 6.70. The Bertz CT molecular complexity index is 525. The van der Waals surface area contributed by atoms with Crippen LogP contribution in [0.2, 0.25) is 13.1 Å². The third-order valence-electron chi connectivity index (χ3n) is 4.94. The average Bonchev–Trinajstić information content (AvgIpc) is 2.68. The summed E-state index contributed by atoms with van der Waals surface area (Å²) in [7, 11) is -2.41. The lowest BCUT2D eigenvalue weighted by atomic mass is 9.79. The molecule has 0 aromatic carbocycles. The van der Waals surface area contributed by atoms with Crippen molar-refractivity contribution in [3.8, 4) is 11.8 Å². The molecule has 0 saturated carbocycles. The summed E-state index contributed by atoms with van der Waals surface area (Å²) in [6.07, 6.45) is 6.06. The van der Waals surface area contributed by atoms with Gasteiger partial charge in [0.2, 0.25) is 8.32 Å². The van der Waals surface area contributed by atoms with Gasteiger partial charge in [-0.3, -0.25) is 0 Å². The molecule has 0 N–H and O–H groups in total. The highest BCUT2D eigenvalue weighted by atomic mass is 28.4. The van der Waals surface area contributed by atoms with E-state index in [9.17, 15) is 0 Å². The molecule has 0 spiro atoms. The third-order valence-corrected chi connectivity index (χ3v) is 7.02. The van der Waals surface area contributed by atoms with Crippen LogP contribution < -0.4 is 0 Å². The van der Waals surface area contributed by atoms with Gasteiger partial charge >= 0.3 is 7.12 Å². The molecule has 0 bridgehead atoms. The van der Waals surface area contributed by atoms with Crippen molar-refractivity contribution in [2.45, 2.75) is 111 Å². The monoisotopic (exact) mass is 378 g/mol. The first kappa shape index (κ1) is 23.5. The summed E-state index contributed by atoms with van der Waals surface area (Å²) in [6.45, 7) is 19.1. The quantitative estimate of drug-likeness (QED) is 0.309. The second-order valence-electron chi connectivity index (χ2n) is 9.07. The van der Waals surface area contributed by atoms with Crippen molar-refractivity contribution in [3.05, 3.63) is 11.2 Å². The summed E-state index contributed by atoms with van der Waals surface area (Å²) in [5.41, 5.74) is 2.42. The zero-order valence-corrected chi connectivity index (χ0v) is 19.5. The minimum atomic E-state index is -2.00. The van der Waals surface area contributed by atoms with Crippen molar-refractivity contribution >= 4 is 15.4 Å². The van der Waals surface area contributed by atoms with Crippen LogP contribution in [0, 0.1) is 11.8 Å². The van der Waals surface area contributed by atoms with Crippen molar-refractivity contribution in [3.63, 3.8) is 0 Å². The topological polar surface area (TPSA) is 27.7 Å². The molecule has 1 aliphatic rings. The van der Waals surface area contributed by atoms with Crippen molar-refractivity contribution in [2.75, 3.05) is 0 Å². The average molecular weight is 378 g/mol. The van der Waals surface area contributed by atoms with Crippen LogP contribution in [-0.4, -0.2) is 32.7 Å². The zero-order valence-electron chi connectivity index (χ0n) is 18.5. The maximum Gasteiger partial charge on any atom is 0.503 e. The molecule has 0 aromatic heterocycles. The van der Waals surface area contributed by atoms with Gasteiger partial charge in [0, 0.05) is 18.0 Å². The number of unbranched alkanes of at least 4 members (excludes halogenated alkanes) is 4. The van der Waals surface area contributed by atoms with Crippen LogP contribution in [0.5, 0.6) is 0 Å². The first-order chi connectivity index (χ1) is 11.9. The fourth-order valence-electron chi connectivity index (χ4n) is 2.95. The lowest BCUT2D eigenvalue weighted by Gasteiger charge is -2.32. The molecular formula is C21H39BO3Si. The van der Waals surface area contributed by atoms with Crippen LogP contribution in [0.1, 0.15) is 80.6 Å². The van der Waals surface area contributed by atoms with Crippen LogP contribution in [0.25, 0.3) is 0 Å². The molecule has 0 atom stereocenters. The molecule has 0 amide bonds. The van der Waals surface area contributed by atoms with Gasteiger partial charge in [-0.25, -0.2) is 0 Å². The second kappa shape index (κ2) is 9.59. The van der Waals surface area contributed by atoms with Crippen LogP contribution in [-0.2, 0) is 13.7 Å². The molecule has 0 aliphatic carbocycles. The Morgan fingerprint density at radius 3 is 2.15 bits per heavy atom. The van der Waals surface area contributed by atoms with Gasteiger partial charge in [0.25, 0.3) is 0 Å². The highest BCUT2D eigenvalue weighted by molar-refractivity contribution is 6.78. The molecule has 1 rings (SSSR count). The number of hydrogen-bond acceptors (Lipinski definition) is 3. The van der Waals surface area contributed by atoms with Gasteiger partial charge in [-0.05, 0) is 61.1 Å². The zero-order chi connectivity index (χ0) is 20.0. The maximum absolute atomic E-state index is 6.25. The van der Waals surface area contributed by atoms with Gasteiger partial charge in [-0.1, -0.05) is 43.7 Å². The van der Waals surface area contributed by atoms with Crippen LogP contribution >= 0.6 is 0 Å². The predicted molar refractivity (Wildman–Crippen MR) is 114 cm³/mol. The molecule has 1 aliphatic heterocycles. The van der Waals surface area contributed by atoms with Crippen molar-refractivity contribution in [1.82, 2.24) is 0 Å². The predicted octanol–water partition coefficient (Wildman–Crippen LogP) is 5.69. The van der Waals surface area contributed by atoms with Gasteiger partial charge in [-0.2, -0.15) is 0 Å². The summed E-state index contributed by atoms with van der Waals surface area (Å²) >= 11 is 0. The van der Waals surface area contributed by atoms with E-state index >= 15 is 0 Å². The first-order valence-corrected chi connectivity index (χ1v) is 13.1. The maximum atomic E-state index is 6.25. The first-order valence-electron chi connectivity index (χ1n) is 10.2. The lowest BCUT2D eigenvalue weighted by molar-refractivity contribution is 0.00578. The molecule has 0 unspecified atom stereocenters. The number of rotatable bonds is 8. The van der Waals surface area contributed by atoms with E-state index in [0.717, 1.165) is 18.3 Å². The third kappa shape index (κ3) is 7.23. The molecule has 26 heavy (non-hydrogen) atoms. The van der Waals surface area contributed by atoms with E-state index in [1.807, 2.05) is 0 Å². The largest absolute Gasteiger partial charge is 0.503 e. The number of hydrogen-bond donors (Lipinski definition) is 0. The van der Waals surface area contributed by atoms with E-state index in [1.165, 1.54) is 19.3 Å². The summed E-state index contributed by atoms with van der Waals surface area (Å²) in [5, 5.41) is 0. The Labute approximate surface area is 163 Å². The highest BCUT2D eigenvalue weighted by Gasteiger charge is 2.52. The molecular weight excluding hydrogens is 339 g/mol. The fourth-order valence-corrected chi connectivity index (χ4v) is 5.19. The molecule has 1 fully saturated rings. The summed E-state index contributed by atoms with van der Waals surface area (Å²) in [4.78, 5) is 0. The Hall–Kier alpha value is -0.538. The Morgan fingerprint density at radius 2 is 1.65 bits per heavy atom. The molecule has 0 aromatic rings. The fraction of sp³-hybridized carbons (Fsp3) is 0.810. The van der Waals surface area contributed by atoms with Crippen molar-refractivity contribution in [2.24, 2.45) is 0 Å². The van der Waals surface area contributed by atoms with E-state index in [2.05, 4.69) is 79.1 Å². The smallest absolute Gasteiger partial charge is 0.411 e. The van der Waals surface area contributed by atoms with Crippen LogP contribution in [0.15, 0.2) is 11.2 Å². The molecule has 1 saturated heterocycles. The second-order valence-corrected chi connectivity index (χ2v) is 12.8. The van der Waals surface area contributed by atoms with Gasteiger partial charge in [-0.15, -0.1) is 0 Å². The molecule has 3 nitrogen and oxygen atoms in total. The van der Waals surface area contributed by atoms with Gasteiger partial charge in [0.15, 0.2) is 0 Å². The Kier molecular flexibility index (Phi) is 8.67. The van der Waals surface area contributed by atoms with E-state index < -0.39 is 15.4 Å².